The predicted octanol–water partition coefficient (Wildman–Crippen LogP) is 0.667. The summed E-state index contributed by atoms with van der Waals surface area (Å²) < 4.78 is 0. The molecule has 1 heterocycles. The van der Waals surface area contributed by atoms with Crippen LogP contribution in [0.25, 0.3) is 0 Å². The predicted molar refractivity (Wildman–Crippen MR) is 52.4 cm³/mol. The first kappa shape index (κ1) is 10.2. The summed E-state index contributed by atoms with van der Waals surface area (Å²) in [5, 5.41) is 25.2. The molecule has 0 bridgehead atoms. The Balaban J connectivity index is 2.30. The van der Waals surface area contributed by atoms with E-state index >= 15 is 0 Å². The lowest BCUT2D eigenvalue weighted by atomic mass is 9.71. The number of nitrogens with one attached hydrogen (secondary N) is 1. The summed E-state index contributed by atoms with van der Waals surface area (Å²) in [6.07, 6.45) is 3.19. The molecule has 5 nitrogen and oxygen atoms in total. The van der Waals surface area contributed by atoms with E-state index in [1.54, 1.807) is 12.3 Å². The highest BCUT2D eigenvalue weighted by Crippen LogP contribution is 2.38. The molecule has 0 saturated heterocycles. The molecule has 1 aromatic heterocycles. The molecule has 82 valence electrons. The fourth-order valence-electron chi connectivity index (χ4n) is 2.22. The number of aromatic amines is 1. The number of aliphatic carboxylic acids is 1. The van der Waals surface area contributed by atoms with Crippen molar-refractivity contribution in [3.05, 3.63) is 18.0 Å². The number of carboxylic acid groups (broad SMARTS) is 1. The molecule has 0 spiro atoms. The molecule has 1 saturated carbocycles. The summed E-state index contributed by atoms with van der Waals surface area (Å²) in [5.74, 6) is -0.835. The van der Waals surface area contributed by atoms with Crippen LogP contribution in [0.15, 0.2) is 12.3 Å². The SMILES string of the molecule is O=C(O)C1(c2ccn[nH]2)CCC(O)CC1. The largest absolute Gasteiger partial charge is 0.481 e. The third-order valence-corrected chi connectivity index (χ3v) is 3.23. The number of carboxylic acids is 1. The van der Waals surface area contributed by atoms with Gasteiger partial charge in [-0.2, -0.15) is 5.10 Å². The summed E-state index contributed by atoms with van der Waals surface area (Å²) in [6, 6.07) is 1.70. The zero-order valence-electron chi connectivity index (χ0n) is 8.31. The van der Waals surface area contributed by atoms with E-state index in [-0.39, 0.29) is 6.10 Å². The maximum atomic E-state index is 11.4. The topological polar surface area (TPSA) is 86.2 Å². The third kappa shape index (κ3) is 1.63. The summed E-state index contributed by atoms with van der Waals surface area (Å²) in [4.78, 5) is 11.4. The molecular weight excluding hydrogens is 196 g/mol. The number of hydrogen-bond donors (Lipinski definition) is 3. The normalized spacial score (nSPS) is 31.4. The second kappa shape index (κ2) is 3.66. The van der Waals surface area contributed by atoms with Crippen molar-refractivity contribution >= 4 is 5.97 Å². The van der Waals surface area contributed by atoms with Crippen molar-refractivity contribution in [2.45, 2.75) is 37.2 Å². The van der Waals surface area contributed by atoms with Crippen molar-refractivity contribution in [3.63, 3.8) is 0 Å². The molecule has 0 aromatic carbocycles. The molecule has 15 heavy (non-hydrogen) atoms. The van der Waals surface area contributed by atoms with Gasteiger partial charge in [0.25, 0.3) is 0 Å². The molecule has 1 aromatic rings. The third-order valence-electron chi connectivity index (χ3n) is 3.23. The highest BCUT2D eigenvalue weighted by molar-refractivity contribution is 5.80. The van der Waals surface area contributed by atoms with Gasteiger partial charge < -0.3 is 10.2 Å². The number of H-pyrrole nitrogens is 1. The molecule has 0 unspecified atom stereocenters. The van der Waals surface area contributed by atoms with Crippen molar-refractivity contribution in [2.75, 3.05) is 0 Å². The fraction of sp³-hybridized carbons (Fsp3) is 0.600. The van der Waals surface area contributed by atoms with Gasteiger partial charge in [0.2, 0.25) is 0 Å². The van der Waals surface area contributed by atoms with Gasteiger partial charge >= 0.3 is 5.97 Å². The van der Waals surface area contributed by atoms with Gasteiger partial charge in [-0.1, -0.05) is 0 Å². The molecule has 0 amide bonds. The van der Waals surface area contributed by atoms with Gasteiger partial charge in [0.05, 0.1) is 11.8 Å². The van der Waals surface area contributed by atoms with E-state index in [9.17, 15) is 15.0 Å². The molecule has 5 heteroatoms. The standard InChI is InChI=1S/C10H14N2O3/c13-7-1-4-10(5-2-7,9(14)15)8-3-6-11-12-8/h3,6-7,13H,1-2,4-5H2,(H,11,12)(H,14,15). The maximum Gasteiger partial charge on any atom is 0.315 e. The van der Waals surface area contributed by atoms with Crippen molar-refractivity contribution in [1.82, 2.24) is 10.2 Å². The number of hydrogen-bond acceptors (Lipinski definition) is 3. The Morgan fingerprint density at radius 2 is 2.20 bits per heavy atom. The number of carbonyl (C=O) groups is 1. The van der Waals surface area contributed by atoms with Gasteiger partial charge in [0.15, 0.2) is 0 Å². The maximum absolute atomic E-state index is 11.4. The average molecular weight is 210 g/mol. The molecular formula is C10H14N2O3. The van der Waals surface area contributed by atoms with E-state index in [0.29, 0.717) is 31.4 Å². The van der Waals surface area contributed by atoms with Crippen molar-refractivity contribution < 1.29 is 15.0 Å². The number of aromatic nitrogens is 2. The molecule has 1 aliphatic rings. The molecule has 0 atom stereocenters. The Hall–Kier alpha value is -1.36. The Labute approximate surface area is 87.1 Å². The highest BCUT2D eigenvalue weighted by atomic mass is 16.4. The van der Waals surface area contributed by atoms with Crippen LogP contribution < -0.4 is 0 Å². The van der Waals surface area contributed by atoms with Crippen LogP contribution in [-0.4, -0.2) is 32.5 Å². The van der Waals surface area contributed by atoms with Crippen LogP contribution in [0.1, 0.15) is 31.4 Å². The van der Waals surface area contributed by atoms with Crippen LogP contribution >= 0.6 is 0 Å². The summed E-state index contributed by atoms with van der Waals surface area (Å²) in [7, 11) is 0. The van der Waals surface area contributed by atoms with E-state index in [0.717, 1.165) is 0 Å². The van der Waals surface area contributed by atoms with Crippen molar-refractivity contribution in [3.8, 4) is 0 Å². The van der Waals surface area contributed by atoms with Crippen LogP contribution in [0.2, 0.25) is 0 Å². The van der Waals surface area contributed by atoms with Gasteiger partial charge in [-0.25, -0.2) is 0 Å². The van der Waals surface area contributed by atoms with Crippen molar-refractivity contribution in [1.29, 1.82) is 0 Å². The summed E-state index contributed by atoms with van der Waals surface area (Å²) in [5.41, 5.74) is -0.239. The van der Waals surface area contributed by atoms with Crippen LogP contribution in [0.3, 0.4) is 0 Å². The number of nitrogens with zero attached hydrogens (tertiary/aromatic N) is 1. The number of aliphatic hydroxyl groups is 1. The zero-order valence-corrected chi connectivity index (χ0v) is 8.31. The number of rotatable bonds is 2. The second-order valence-electron chi connectivity index (χ2n) is 4.09. The minimum atomic E-state index is -0.879. The van der Waals surface area contributed by atoms with Crippen molar-refractivity contribution in [2.24, 2.45) is 0 Å². The van der Waals surface area contributed by atoms with E-state index in [4.69, 9.17) is 0 Å². The minimum Gasteiger partial charge on any atom is -0.481 e. The molecule has 1 fully saturated rings. The molecule has 1 aliphatic carbocycles. The average Bonchev–Trinajstić information content (AvgIpc) is 2.72. The lowest BCUT2D eigenvalue weighted by Crippen LogP contribution is -2.41. The lowest BCUT2D eigenvalue weighted by molar-refractivity contribution is -0.146. The lowest BCUT2D eigenvalue weighted by Gasteiger charge is -2.34. The minimum absolute atomic E-state index is 0.361. The number of aliphatic hydroxyl groups excluding tert-OH is 1. The molecule has 2 rings (SSSR count). The first-order valence-corrected chi connectivity index (χ1v) is 5.06. The van der Waals surface area contributed by atoms with Gasteiger partial charge in [0.1, 0.15) is 5.41 Å². The van der Waals surface area contributed by atoms with Crippen LogP contribution in [0.4, 0.5) is 0 Å². The quantitative estimate of drug-likeness (QED) is 0.669. The zero-order chi connectivity index (χ0) is 10.9. The Bertz CT molecular complexity index is 340. The summed E-state index contributed by atoms with van der Waals surface area (Å²) in [6.45, 7) is 0. The van der Waals surface area contributed by atoms with Crippen LogP contribution in [0, 0.1) is 0 Å². The van der Waals surface area contributed by atoms with Gasteiger partial charge in [-0.3, -0.25) is 9.89 Å². The van der Waals surface area contributed by atoms with Gasteiger partial charge in [-0.05, 0) is 31.7 Å². The molecule has 0 aliphatic heterocycles. The van der Waals surface area contributed by atoms with Crippen LogP contribution in [-0.2, 0) is 10.2 Å². The highest BCUT2D eigenvalue weighted by Gasteiger charge is 2.44. The first-order valence-electron chi connectivity index (χ1n) is 5.06. The Morgan fingerprint density at radius 3 is 2.67 bits per heavy atom. The van der Waals surface area contributed by atoms with Gasteiger partial charge in [0, 0.05) is 6.20 Å². The van der Waals surface area contributed by atoms with E-state index in [1.807, 2.05) is 0 Å². The van der Waals surface area contributed by atoms with Gasteiger partial charge in [-0.15, -0.1) is 0 Å². The monoisotopic (exact) mass is 210 g/mol. The molecule has 0 radical (unpaired) electrons. The molecule has 3 N–H and O–H groups in total. The Morgan fingerprint density at radius 1 is 1.53 bits per heavy atom. The second-order valence-corrected chi connectivity index (χ2v) is 4.09. The van der Waals surface area contributed by atoms with E-state index < -0.39 is 11.4 Å². The van der Waals surface area contributed by atoms with E-state index in [1.165, 1.54) is 0 Å². The summed E-state index contributed by atoms with van der Waals surface area (Å²) >= 11 is 0. The first-order chi connectivity index (χ1) is 7.15. The van der Waals surface area contributed by atoms with Crippen LogP contribution in [0.5, 0.6) is 0 Å². The fourth-order valence-corrected chi connectivity index (χ4v) is 2.22. The Kier molecular flexibility index (Phi) is 2.48. The van der Waals surface area contributed by atoms with E-state index in [2.05, 4.69) is 10.2 Å². The smallest absolute Gasteiger partial charge is 0.315 e.